The fourth-order valence-corrected chi connectivity index (χ4v) is 2.05. The van der Waals surface area contributed by atoms with Crippen LogP contribution >= 0.6 is 11.3 Å². The van der Waals surface area contributed by atoms with Gasteiger partial charge in [0.2, 0.25) is 0 Å². The molecule has 20 heavy (non-hydrogen) atoms. The molecule has 0 aromatic carbocycles. The summed E-state index contributed by atoms with van der Waals surface area (Å²) in [6.45, 7) is 0.223. The number of hydrogen-bond acceptors (Lipinski definition) is 6. The Kier molecular flexibility index (Phi) is 4.61. The second-order valence-corrected chi connectivity index (χ2v) is 4.58. The van der Waals surface area contributed by atoms with Gasteiger partial charge in [0, 0.05) is 11.6 Å². The number of carbonyl (C=O) groups is 2. The fraction of sp³-hybridized carbons (Fsp3) is 0.167. The molecule has 104 valence electrons. The van der Waals surface area contributed by atoms with Gasteiger partial charge in [-0.1, -0.05) is 6.07 Å². The summed E-state index contributed by atoms with van der Waals surface area (Å²) in [7, 11) is 1.29. The number of ether oxygens (including phenoxy) is 1. The molecule has 0 unspecified atom stereocenters. The first-order valence-corrected chi connectivity index (χ1v) is 6.55. The predicted molar refractivity (Wildman–Crippen MR) is 73.5 cm³/mol. The predicted octanol–water partition coefficient (Wildman–Crippen LogP) is 1.65. The van der Waals surface area contributed by atoms with Crippen molar-refractivity contribution in [1.29, 1.82) is 0 Å². The van der Waals surface area contributed by atoms with Crippen LogP contribution in [-0.4, -0.2) is 29.1 Å². The molecule has 2 heterocycles. The highest BCUT2D eigenvalue weighted by atomic mass is 32.1. The summed E-state index contributed by atoms with van der Waals surface area (Å²) >= 11 is 1.27. The second-order valence-electron chi connectivity index (χ2n) is 3.64. The number of nitrogens with one attached hydrogen (secondary N) is 2. The molecule has 0 aliphatic rings. The minimum Gasteiger partial charge on any atom is -0.464 e. The van der Waals surface area contributed by atoms with E-state index in [4.69, 9.17) is 0 Å². The number of esters is 1. The molecule has 0 bridgehead atoms. The zero-order chi connectivity index (χ0) is 14.4. The summed E-state index contributed by atoms with van der Waals surface area (Å²) in [5, 5.41) is 7.40. The van der Waals surface area contributed by atoms with E-state index in [1.54, 1.807) is 29.8 Å². The van der Waals surface area contributed by atoms with Gasteiger partial charge in [0.15, 0.2) is 5.69 Å². The van der Waals surface area contributed by atoms with E-state index in [0.29, 0.717) is 10.8 Å². The van der Waals surface area contributed by atoms with Crippen molar-refractivity contribution in [2.45, 2.75) is 6.54 Å². The Bertz CT molecular complexity index is 600. The zero-order valence-electron chi connectivity index (χ0n) is 10.6. The number of hydrogen-bond donors (Lipinski definition) is 2. The van der Waals surface area contributed by atoms with Gasteiger partial charge in [0.05, 0.1) is 13.7 Å². The van der Waals surface area contributed by atoms with Gasteiger partial charge in [-0.05, 0) is 12.1 Å². The molecule has 2 amide bonds. The summed E-state index contributed by atoms with van der Waals surface area (Å²) in [4.78, 5) is 30.8. The molecule has 8 heteroatoms. The molecule has 0 spiro atoms. The summed E-state index contributed by atoms with van der Waals surface area (Å²) in [6, 6.07) is 4.82. The molecule has 0 radical (unpaired) electrons. The van der Waals surface area contributed by atoms with E-state index in [-0.39, 0.29) is 12.2 Å². The number of anilines is 1. The third kappa shape index (κ3) is 3.75. The molecule has 2 aromatic heterocycles. The lowest BCUT2D eigenvalue weighted by atomic mass is 10.5. The van der Waals surface area contributed by atoms with Gasteiger partial charge in [-0.2, -0.15) is 0 Å². The average molecular weight is 292 g/mol. The van der Waals surface area contributed by atoms with Gasteiger partial charge in [-0.15, -0.1) is 11.3 Å². The smallest absolute Gasteiger partial charge is 0.357 e. The monoisotopic (exact) mass is 292 g/mol. The van der Waals surface area contributed by atoms with Crippen molar-refractivity contribution in [1.82, 2.24) is 15.3 Å². The summed E-state index contributed by atoms with van der Waals surface area (Å²) in [5.41, 5.74) is 0.236. The summed E-state index contributed by atoms with van der Waals surface area (Å²) in [6.07, 6.45) is 1.58. The molecule has 0 saturated carbocycles. The van der Waals surface area contributed by atoms with E-state index < -0.39 is 12.0 Å². The van der Waals surface area contributed by atoms with Crippen LogP contribution in [0, 0.1) is 0 Å². The van der Waals surface area contributed by atoms with E-state index in [1.165, 1.54) is 18.4 Å². The van der Waals surface area contributed by atoms with Crippen molar-refractivity contribution in [2.75, 3.05) is 12.4 Å². The normalized spacial score (nSPS) is 9.85. The van der Waals surface area contributed by atoms with Gasteiger partial charge < -0.3 is 10.1 Å². The number of amides is 2. The first-order valence-electron chi connectivity index (χ1n) is 5.67. The van der Waals surface area contributed by atoms with Crippen molar-refractivity contribution in [2.24, 2.45) is 0 Å². The fourth-order valence-electron chi connectivity index (χ4n) is 1.34. The molecule has 2 rings (SSSR count). The Hall–Kier alpha value is -2.48. The van der Waals surface area contributed by atoms with Crippen LogP contribution in [0.2, 0.25) is 0 Å². The van der Waals surface area contributed by atoms with Gasteiger partial charge in [0.1, 0.15) is 10.8 Å². The molecule has 7 nitrogen and oxygen atoms in total. The van der Waals surface area contributed by atoms with Gasteiger partial charge in [-0.25, -0.2) is 19.6 Å². The Morgan fingerprint density at radius 2 is 2.25 bits per heavy atom. The highest BCUT2D eigenvalue weighted by molar-refractivity contribution is 7.09. The summed E-state index contributed by atoms with van der Waals surface area (Å²) < 4.78 is 4.55. The van der Waals surface area contributed by atoms with Gasteiger partial charge in [0.25, 0.3) is 0 Å². The maximum atomic E-state index is 11.6. The Balaban J connectivity index is 1.84. The minimum absolute atomic E-state index is 0.223. The number of carbonyl (C=O) groups excluding carboxylic acids is 2. The Morgan fingerprint density at radius 3 is 2.95 bits per heavy atom. The first kappa shape index (κ1) is 13.9. The maximum absolute atomic E-state index is 11.6. The number of pyridine rings is 1. The zero-order valence-corrected chi connectivity index (χ0v) is 11.4. The van der Waals surface area contributed by atoms with Crippen molar-refractivity contribution >= 4 is 29.2 Å². The molecule has 2 N–H and O–H groups in total. The lowest BCUT2D eigenvalue weighted by Gasteiger charge is -2.04. The van der Waals surface area contributed by atoms with E-state index in [0.717, 1.165) is 0 Å². The third-order valence-corrected chi connectivity index (χ3v) is 3.10. The van der Waals surface area contributed by atoms with Crippen LogP contribution in [0.5, 0.6) is 0 Å². The van der Waals surface area contributed by atoms with E-state index in [2.05, 4.69) is 25.3 Å². The highest BCUT2D eigenvalue weighted by Gasteiger charge is 2.11. The molecular weight excluding hydrogens is 280 g/mol. The van der Waals surface area contributed by atoms with Crippen LogP contribution in [0.4, 0.5) is 10.6 Å². The number of urea groups is 1. The number of aromatic nitrogens is 2. The van der Waals surface area contributed by atoms with Crippen molar-refractivity contribution in [3.05, 3.63) is 40.5 Å². The van der Waals surface area contributed by atoms with Gasteiger partial charge >= 0.3 is 12.0 Å². The van der Waals surface area contributed by atoms with E-state index >= 15 is 0 Å². The Labute approximate surface area is 119 Å². The SMILES string of the molecule is COC(=O)c1csc(CNC(=O)Nc2ccccn2)n1. The average Bonchev–Trinajstić information content (AvgIpc) is 2.94. The number of rotatable bonds is 4. The van der Waals surface area contributed by atoms with Crippen LogP contribution in [0.3, 0.4) is 0 Å². The molecule has 2 aromatic rings. The van der Waals surface area contributed by atoms with Crippen molar-refractivity contribution < 1.29 is 14.3 Å². The van der Waals surface area contributed by atoms with Crippen LogP contribution < -0.4 is 10.6 Å². The number of thiazole rings is 1. The third-order valence-electron chi connectivity index (χ3n) is 2.25. The van der Waals surface area contributed by atoms with Crippen molar-refractivity contribution in [3.63, 3.8) is 0 Å². The van der Waals surface area contributed by atoms with Crippen LogP contribution in [-0.2, 0) is 11.3 Å². The molecule has 0 aliphatic heterocycles. The highest BCUT2D eigenvalue weighted by Crippen LogP contribution is 2.10. The standard InChI is InChI=1S/C12H12N4O3S/c1-19-11(17)8-7-20-10(15-8)6-14-12(18)16-9-4-2-3-5-13-9/h2-5,7H,6H2,1H3,(H2,13,14,16,18). The van der Waals surface area contributed by atoms with E-state index in [9.17, 15) is 9.59 Å². The first-order chi connectivity index (χ1) is 9.69. The minimum atomic E-state index is -0.495. The van der Waals surface area contributed by atoms with Crippen LogP contribution in [0.25, 0.3) is 0 Å². The molecule has 0 atom stereocenters. The lowest BCUT2D eigenvalue weighted by molar-refractivity contribution is 0.0594. The molecule has 0 aliphatic carbocycles. The maximum Gasteiger partial charge on any atom is 0.357 e. The summed E-state index contributed by atoms with van der Waals surface area (Å²) in [5.74, 6) is -0.0372. The van der Waals surface area contributed by atoms with E-state index in [1.807, 2.05) is 0 Å². The lowest BCUT2D eigenvalue weighted by Crippen LogP contribution is -2.28. The van der Waals surface area contributed by atoms with Gasteiger partial charge in [-0.3, -0.25) is 5.32 Å². The van der Waals surface area contributed by atoms with Crippen LogP contribution in [0.15, 0.2) is 29.8 Å². The Morgan fingerprint density at radius 1 is 1.40 bits per heavy atom. The second kappa shape index (κ2) is 6.62. The molecule has 0 saturated heterocycles. The topological polar surface area (TPSA) is 93.2 Å². The molecular formula is C12H12N4O3S. The largest absolute Gasteiger partial charge is 0.464 e. The number of nitrogens with zero attached hydrogens (tertiary/aromatic N) is 2. The van der Waals surface area contributed by atoms with Crippen LogP contribution in [0.1, 0.15) is 15.5 Å². The molecule has 0 fully saturated rings. The number of methoxy groups -OCH3 is 1. The van der Waals surface area contributed by atoms with Crippen molar-refractivity contribution in [3.8, 4) is 0 Å². The quantitative estimate of drug-likeness (QED) is 0.836.